The Kier molecular flexibility index (Phi) is 3.57. The van der Waals surface area contributed by atoms with E-state index in [1.807, 2.05) is 12.4 Å². The molecule has 3 heteroatoms. The number of rotatable bonds is 3. The van der Waals surface area contributed by atoms with Crippen LogP contribution in [-0.4, -0.2) is 15.6 Å². The smallest absolute Gasteiger partial charge is 0.122 e. The lowest BCUT2D eigenvalue weighted by Crippen LogP contribution is -2.41. The van der Waals surface area contributed by atoms with Crippen molar-refractivity contribution in [2.75, 3.05) is 0 Å². The van der Waals surface area contributed by atoms with Gasteiger partial charge < -0.3 is 9.88 Å². The van der Waals surface area contributed by atoms with Gasteiger partial charge in [-0.15, -0.1) is 0 Å². The highest BCUT2D eigenvalue weighted by molar-refractivity contribution is 4.93. The van der Waals surface area contributed by atoms with Crippen molar-refractivity contribution in [3.63, 3.8) is 0 Å². The maximum Gasteiger partial charge on any atom is 0.122 e. The van der Waals surface area contributed by atoms with Crippen molar-refractivity contribution < 1.29 is 0 Å². The standard InChI is InChI=1S/C14H25N3/c1-11-9-14(2,3)6-5-12(11)16-10-13-15-7-8-17(13)4/h7-8,11-12,16H,5-6,9-10H2,1-4H3. The maximum atomic E-state index is 4.35. The normalized spacial score (nSPS) is 28.2. The van der Waals surface area contributed by atoms with E-state index < -0.39 is 0 Å². The molecule has 1 N–H and O–H groups in total. The second-order valence-electron chi connectivity index (χ2n) is 6.33. The SMILES string of the molecule is CC1CC(C)(C)CCC1NCc1nccn1C. The van der Waals surface area contributed by atoms with Gasteiger partial charge in [0.25, 0.3) is 0 Å². The lowest BCUT2D eigenvalue weighted by atomic mass is 9.70. The van der Waals surface area contributed by atoms with Crippen LogP contribution in [0.3, 0.4) is 0 Å². The largest absolute Gasteiger partial charge is 0.337 e. The zero-order valence-corrected chi connectivity index (χ0v) is 11.5. The molecule has 2 atom stereocenters. The second kappa shape index (κ2) is 4.81. The van der Waals surface area contributed by atoms with Gasteiger partial charge in [0.2, 0.25) is 0 Å². The third kappa shape index (κ3) is 3.09. The van der Waals surface area contributed by atoms with Crippen LogP contribution >= 0.6 is 0 Å². The van der Waals surface area contributed by atoms with Gasteiger partial charge in [0.1, 0.15) is 5.82 Å². The Morgan fingerprint density at radius 2 is 2.29 bits per heavy atom. The summed E-state index contributed by atoms with van der Waals surface area (Å²) >= 11 is 0. The molecule has 1 heterocycles. The minimum absolute atomic E-state index is 0.529. The van der Waals surface area contributed by atoms with Gasteiger partial charge in [0.15, 0.2) is 0 Å². The van der Waals surface area contributed by atoms with Crippen LogP contribution in [0.2, 0.25) is 0 Å². The molecular weight excluding hydrogens is 210 g/mol. The topological polar surface area (TPSA) is 29.9 Å². The van der Waals surface area contributed by atoms with Gasteiger partial charge in [-0.2, -0.15) is 0 Å². The molecule has 1 fully saturated rings. The van der Waals surface area contributed by atoms with Crippen LogP contribution in [0.1, 0.15) is 45.9 Å². The van der Waals surface area contributed by atoms with Crippen LogP contribution in [0.4, 0.5) is 0 Å². The van der Waals surface area contributed by atoms with E-state index in [1.165, 1.54) is 19.3 Å². The molecule has 1 aliphatic rings. The van der Waals surface area contributed by atoms with E-state index in [0.717, 1.165) is 18.3 Å². The number of aryl methyl sites for hydroxylation is 1. The van der Waals surface area contributed by atoms with Crippen molar-refractivity contribution in [3.05, 3.63) is 18.2 Å². The molecule has 0 aromatic carbocycles. The monoisotopic (exact) mass is 235 g/mol. The molecule has 1 aliphatic carbocycles. The lowest BCUT2D eigenvalue weighted by Gasteiger charge is -2.39. The molecule has 17 heavy (non-hydrogen) atoms. The summed E-state index contributed by atoms with van der Waals surface area (Å²) in [5.74, 6) is 1.89. The van der Waals surface area contributed by atoms with Crippen LogP contribution < -0.4 is 5.32 Å². The van der Waals surface area contributed by atoms with Crippen LogP contribution in [0.15, 0.2) is 12.4 Å². The minimum Gasteiger partial charge on any atom is -0.337 e. The number of hydrogen-bond acceptors (Lipinski definition) is 2. The molecule has 0 bridgehead atoms. The number of nitrogens with one attached hydrogen (secondary N) is 1. The van der Waals surface area contributed by atoms with E-state index in [4.69, 9.17) is 0 Å². The first kappa shape index (κ1) is 12.6. The summed E-state index contributed by atoms with van der Waals surface area (Å²) in [4.78, 5) is 4.35. The summed E-state index contributed by atoms with van der Waals surface area (Å²) in [5, 5.41) is 3.67. The molecule has 0 amide bonds. The van der Waals surface area contributed by atoms with Gasteiger partial charge in [-0.05, 0) is 30.6 Å². The molecular formula is C14H25N3. The van der Waals surface area contributed by atoms with E-state index in [-0.39, 0.29) is 0 Å². The summed E-state index contributed by atoms with van der Waals surface area (Å²) in [6, 6.07) is 0.653. The molecule has 1 aromatic rings. The van der Waals surface area contributed by atoms with E-state index >= 15 is 0 Å². The van der Waals surface area contributed by atoms with E-state index in [0.29, 0.717) is 11.5 Å². The molecule has 1 saturated carbocycles. The van der Waals surface area contributed by atoms with Crippen molar-refractivity contribution in [2.45, 2.75) is 52.6 Å². The maximum absolute atomic E-state index is 4.35. The summed E-state index contributed by atoms with van der Waals surface area (Å²) in [7, 11) is 2.05. The van der Waals surface area contributed by atoms with Gasteiger partial charge in [-0.25, -0.2) is 4.98 Å². The highest BCUT2D eigenvalue weighted by Crippen LogP contribution is 2.38. The minimum atomic E-state index is 0.529. The fourth-order valence-electron chi connectivity index (χ4n) is 3.04. The molecule has 3 nitrogen and oxygen atoms in total. The molecule has 96 valence electrons. The summed E-state index contributed by atoms with van der Waals surface area (Å²) in [5.41, 5.74) is 0.529. The molecule has 2 rings (SSSR count). The number of hydrogen-bond donors (Lipinski definition) is 1. The molecule has 0 saturated heterocycles. The van der Waals surface area contributed by atoms with Crippen LogP contribution in [-0.2, 0) is 13.6 Å². The third-order valence-electron chi connectivity index (χ3n) is 4.14. The van der Waals surface area contributed by atoms with Crippen LogP contribution in [0, 0.1) is 11.3 Å². The van der Waals surface area contributed by atoms with Gasteiger partial charge >= 0.3 is 0 Å². The average molecular weight is 235 g/mol. The number of nitrogens with zero attached hydrogens (tertiary/aromatic N) is 2. The van der Waals surface area contributed by atoms with E-state index in [2.05, 4.69) is 42.7 Å². The first-order chi connectivity index (χ1) is 7.98. The van der Waals surface area contributed by atoms with E-state index in [9.17, 15) is 0 Å². The quantitative estimate of drug-likeness (QED) is 0.873. The Morgan fingerprint density at radius 1 is 1.53 bits per heavy atom. The predicted octanol–water partition coefficient (Wildman–Crippen LogP) is 2.72. The van der Waals surface area contributed by atoms with Crippen molar-refractivity contribution in [1.29, 1.82) is 0 Å². The Labute approximate surface area is 105 Å². The zero-order valence-electron chi connectivity index (χ0n) is 11.5. The highest BCUT2D eigenvalue weighted by Gasteiger charge is 2.31. The third-order valence-corrected chi connectivity index (χ3v) is 4.14. The first-order valence-electron chi connectivity index (χ1n) is 6.67. The van der Waals surface area contributed by atoms with Gasteiger partial charge in [-0.1, -0.05) is 20.8 Å². The summed E-state index contributed by atoms with van der Waals surface area (Å²) in [6.45, 7) is 8.03. The predicted molar refractivity (Wildman–Crippen MR) is 70.6 cm³/mol. The van der Waals surface area contributed by atoms with E-state index in [1.54, 1.807) is 0 Å². The summed E-state index contributed by atoms with van der Waals surface area (Å²) < 4.78 is 2.09. The second-order valence-corrected chi connectivity index (χ2v) is 6.33. The molecule has 2 unspecified atom stereocenters. The molecule has 1 aromatic heterocycles. The van der Waals surface area contributed by atoms with Gasteiger partial charge in [0, 0.05) is 25.5 Å². The molecule has 0 aliphatic heterocycles. The van der Waals surface area contributed by atoms with Crippen molar-refractivity contribution in [3.8, 4) is 0 Å². The van der Waals surface area contributed by atoms with Crippen molar-refractivity contribution in [1.82, 2.24) is 14.9 Å². The highest BCUT2D eigenvalue weighted by atomic mass is 15.1. The fourth-order valence-corrected chi connectivity index (χ4v) is 3.04. The van der Waals surface area contributed by atoms with Crippen molar-refractivity contribution >= 4 is 0 Å². The van der Waals surface area contributed by atoms with Crippen LogP contribution in [0.5, 0.6) is 0 Å². The number of aromatic nitrogens is 2. The Bertz CT molecular complexity index is 367. The van der Waals surface area contributed by atoms with Gasteiger partial charge in [-0.3, -0.25) is 0 Å². The van der Waals surface area contributed by atoms with Gasteiger partial charge in [0.05, 0.1) is 6.54 Å². The Morgan fingerprint density at radius 3 is 2.88 bits per heavy atom. The first-order valence-corrected chi connectivity index (χ1v) is 6.67. The lowest BCUT2D eigenvalue weighted by molar-refractivity contribution is 0.147. The fraction of sp³-hybridized carbons (Fsp3) is 0.786. The Hall–Kier alpha value is -0.830. The van der Waals surface area contributed by atoms with Crippen LogP contribution in [0.25, 0.3) is 0 Å². The Balaban J connectivity index is 1.86. The molecule has 0 spiro atoms. The average Bonchev–Trinajstić information content (AvgIpc) is 2.62. The number of imidazole rings is 1. The summed E-state index contributed by atoms with van der Waals surface area (Å²) in [6.07, 6.45) is 7.81. The molecule has 0 radical (unpaired) electrons. The van der Waals surface area contributed by atoms with Crippen molar-refractivity contribution in [2.24, 2.45) is 18.4 Å². The zero-order chi connectivity index (χ0) is 12.5.